The molecule has 0 bridgehead atoms. The van der Waals surface area contributed by atoms with Gasteiger partial charge in [-0.25, -0.2) is 13.1 Å². The number of nitrogens with zero attached hydrogens (tertiary/aromatic N) is 3. The molecule has 0 atom stereocenters. The van der Waals surface area contributed by atoms with Gasteiger partial charge in [-0.3, -0.25) is 4.68 Å². The first kappa shape index (κ1) is 15.0. The largest absolute Gasteiger partial charge is 0.384 e. The molecule has 0 amide bonds. The summed E-state index contributed by atoms with van der Waals surface area (Å²) in [6.07, 6.45) is 1.51. The van der Waals surface area contributed by atoms with Crippen LogP contribution >= 0.6 is 0 Å². The van der Waals surface area contributed by atoms with Crippen LogP contribution in [-0.4, -0.2) is 18.2 Å². The quantitative estimate of drug-likeness (QED) is 0.861. The first-order valence-electron chi connectivity index (χ1n) is 6.12. The molecule has 3 N–H and O–H groups in total. The number of hydrogen-bond donors (Lipinski definition) is 2. The van der Waals surface area contributed by atoms with Crippen molar-refractivity contribution >= 4 is 15.8 Å². The zero-order chi connectivity index (χ0) is 15.6. The summed E-state index contributed by atoms with van der Waals surface area (Å²) in [6, 6.07) is 6.46. The van der Waals surface area contributed by atoms with Gasteiger partial charge < -0.3 is 5.73 Å². The number of nitrogens with one attached hydrogen (secondary N) is 1. The van der Waals surface area contributed by atoms with Crippen LogP contribution in [0.2, 0.25) is 0 Å². The summed E-state index contributed by atoms with van der Waals surface area (Å²) in [4.78, 5) is 0.0870. The highest BCUT2D eigenvalue weighted by Gasteiger charge is 2.18. The second kappa shape index (κ2) is 5.55. The summed E-state index contributed by atoms with van der Waals surface area (Å²) in [5, 5.41) is 12.8. The molecular formula is C13H15N5O2S. The van der Waals surface area contributed by atoms with E-state index in [0.29, 0.717) is 22.5 Å². The Morgan fingerprint density at radius 2 is 2.19 bits per heavy atom. The summed E-state index contributed by atoms with van der Waals surface area (Å²) >= 11 is 0. The lowest BCUT2D eigenvalue weighted by Crippen LogP contribution is -2.24. The van der Waals surface area contributed by atoms with E-state index >= 15 is 0 Å². The van der Waals surface area contributed by atoms with Crippen molar-refractivity contribution in [1.29, 1.82) is 5.26 Å². The summed E-state index contributed by atoms with van der Waals surface area (Å²) < 4.78 is 28.6. The Hall–Kier alpha value is -2.37. The lowest BCUT2D eigenvalue weighted by Gasteiger charge is -2.09. The van der Waals surface area contributed by atoms with Crippen LogP contribution in [0.15, 0.2) is 29.3 Å². The number of nitriles is 1. The van der Waals surface area contributed by atoms with Gasteiger partial charge in [-0.1, -0.05) is 6.07 Å². The molecule has 0 spiro atoms. The van der Waals surface area contributed by atoms with Gasteiger partial charge in [-0.15, -0.1) is 0 Å². The van der Waals surface area contributed by atoms with Crippen LogP contribution in [0.1, 0.15) is 16.7 Å². The van der Waals surface area contributed by atoms with Crippen molar-refractivity contribution in [1.82, 2.24) is 14.5 Å². The third-order valence-electron chi connectivity index (χ3n) is 3.12. The topological polar surface area (TPSA) is 114 Å². The molecule has 21 heavy (non-hydrogen) atoms. The molecule has 0 aliphatic rings. The van der Waals surface area contributed by atoms with Crippen LogP contribution in [0.25, 0.3) is 0 Å². The first-order chi connectivity index (χ1) is 9.85. The highest BCUT2D eigenvalue weighted by atomic mass is 32.2. The van der Waals surface area contributed by atoms with Crippen LogP contribution < -0.4 is 10.5 Å². The molecule has 0 aliphatic heterocycles. The number of aromatic nitrogens is 2. The molecule has 0 aliphatic carbocycles. The molecule has 1 heterocycles. The van der Waals surface area contributed by atoms with Crippen molar-refractivity contribution in [2.75, 3.05) is 5.73 Å². The molecule has 0 saturated carbocycles. The van der Waals surface area contributed by atoms with E-state index in [9.17, 15) is 8.42 Å². The number of nitrogen functional groups attached to an aromatic ring is 1. The Morgan fingerprint density at radius 1 is 1.48 bits per heavy atom. The van der Waals surface area contributed by atoms with E-state index in [1.165, 1.54) is 16.9 Å². The Bertz CT molecular complexity index is 818. The number of sulfonamides is 1. The molecule has 0 unspecified atom stereocenters. The Labute approximate surface area is 123 Å². The van der Waals surface area contributed by atoms with E-state index in [-0.39, 0.29) is 11.4 Å². The second-order valence-corrected chi connectivity index (χ2v) is 6.33. The minimum Gasteiger partial charge on any atom is -0.384 e. The number of nitrogens with two attached hydrogens (primary N) is 1. The summed E-state index contributed by atoms with van der Waals surface area (Å²) in [7, 11) is -2.05. The predicted octanol–water partition coefficient (Wildman–Crippen LogP) is 0.661. The molecule has 8 heteroatoms. The third-order valence-corrected chi connectivity index (χ3v) is 4.67. The Balaban J connectivity index is 2.27. The van der Waals surface area contributed by atoms with Crippen molar-refractivity contribution in [3.05, 3.63) is 41.1 Å². The van der Waals surface area contributed by atoms with Gasteiger partial charge in [0.2, 0.25) is 10.0 Å². The number of hydrogen-bond acceptors (Lipinski definition) is 5. The number of rotatable bonds is 4. The Kier molecular flexibility index (Phi) is 3.97. The van der Waals surface area contributed by atoms with Gasteiger partial charge >= 0.3 is 0 Å². The molecule has 2 rings (SSSR count). The smallest absolute Gasteiger partial charge is 0.241 e. The SMILES string of the molecule is Cc1ccc(C#N)cc1S(=O)(=O)NCc1cnn(C)c1N. The Morgan fingerprint density at radius 3 is 2.76 bits per heavy atom. The fourth-order valence-electron chi connectivity index (χ4n) is 1.84. The van der Waals surface area contributed by atoms with Gasteiger partial charge in [0.05, 0.1) is 22.7 Å². The zero-order valence-electron chi connectivity index (χ0n) is 11.7. The van der Waals surface area contributed by atoms with E-state index in [0.717, 1.165) is 0 Å². The van der Waals surface area contributed by atoms with Crippen molar-refractivity contribution in [3.63, 3.8) is 0 Å². The molecule has 110 valence electrons. The van der Waals surface area contributed by atoms with Gasteiger partial charge in [0, 0.05) is 19.2 Å². The molecule has 0 saturated heterocycles. The number of benzene rings is 1. The molecule has 2 aromatic rings. The van der Waals surface area contributed by atoms with Gasteiger partial charge in [-0.2, -0.15) is 10.4 Å². The first-order valence-corrected chi connectivity index (χ1v) is 7.60. The summed E-state index contributed by atoms with van der Waals surface area (Å²) in [5.41, 5.74) is 7.22. The van der Waals surface area contributed by atoms with Gasteiger partial charge in [0.25, 0.3) is 0 Å². The van der Waals surface area contributed by atoms with E-state index in [2.05, 4.69) is 9.82 Å². The maximum atomic E-state index is 12.3. The maximum Gasteiger partial charge on any atom is 0.241 e. The van der Waals surface area contributed by atoms with E-state index in [1.54, 1.807) is 26.1 Å². The highest BCUT2D eigenvalue weighted by Crippen LogP contribution is 2.18. The van der Waals surface area contributed by atoms with Crippen LogP contribution in [0.3, 0.4) is 0 Å². The van der Waals surface area contributed by atoms with Crippen LogP contribution in [-0.2, 0) is 23.6 Å². The van der Waals surface area contributed by atoms with Gasteiger partial charge in [0.1, 0.15) is 5.82 Å². The highest BCUT2D eigenvalue weighted by molar-refractivity contribution is 7.89. The van der Waals surface area contributed by atoms with Crippen LogP contribution in [0.4, 0.5) is 5.82 Å². The fourth-order valence-corrected chi connectivity index (χ4v) is 3.11. The lowest BCUT2D eigenvalue weighted by atomic mass is 10.2. The van der Waals surface area contributed by atoms with Crippen molar-refractivity contribution in [2.24, 2.45) is 7.05 Å². The van der Waals surface area contributed by atoms with E-state index in [1.807, 2.05) is 6.07 Å². The molecule has 0 radical (unpaired) electrons. The van der Waals surface area contributed by atoms with E-state index < -0.39 is 10.0 Å². The predicted molar refractivity (Wildman–Crippen MR) is 77.5 cm³/mol. The van der Waals surface area contributed by atoms with Crippen molar-refractivity contribution < 1.29 is 8.42 Å². The fraction of sp³-hybridized carbons (Fsp3) is 0.231. The molecule has 1 aromatic heterocycles. The molecule has 7 nitrogen and oxygen atoms in total. The van der Waals surface area contributed by atoms with Gasteiger partial charge in [0.15, 0.2) is 0 Å². The third kappa shape index (κ3) is 3.04. The maximum absolute atomic E-state index is 12.3. The number of aryl methyl sites for hydroxylation is 2. The average Bonchev–Trinajstić information content (AvgIpc) is 2.77. The standard InChI is InChI=1S/C13H15N5O2S/c1-9-3-4-10(6-14)5-12(9)21(19,20)17-8-11-7-16-18(2)13(11)15/h3-5,7,17H,8,15H2,1-2H3. The average molecular weight is 305 g/mol. The summed E-state index contributed by atoms with van der Waals surface area (Å²) in [6.45, 7) is 1.71. The van der Waals surface area contributed by atoms with Crippen molar-refractivity contribution in [2.45, 2.75) is 18.4 Å². The van der Waals surface area contributed by atoms with E-state index in [4.69, 9.17) is 11.0 Å². The van der Waals surface area contributed by atoms with Crippen LogP contribution in [0.5, 0.6) is 0 Å². The van der Waals surface area contributed by atoms with Crippen molar-refractivity contribution in [3.8, 4) is 6.07 Å². The minimum atomic E-state index is -3.72. The number of anilines is 1. The molecule has 0 fully saturated rings. The normalized spacial score (nSPS) is 11.3. The second-order valence-electron chi connectivity index (χ2n) is 4.60. The van der Waals surface area contributed by atoms with Gasteiger partial charge in [-0.05, 0) is 24.6 Å². The zero-order valence-corrected chi connectivity index (χ0v) is 12.5. The monoisotopic (exact) mass is 305 g/mol. The molecular weight excluding hydrogens is 290 g/mol. The van der Waals surface area contributed by atoms with Crippen LogP contribution in [0, 0.1) is 18.3 Å². The molecule has 1 aromatic carbocycles. The lowest BCUT2D eigenvalue weighted by molar-refractivity contribution is 0.580. The summed E-state index contributed by atoms with van der Waals surface area (Å²) in [5.74, 6) is 0.403. The minimum absolute atomic E-state index is 0.0399.